The molecule has 0 aromatic rings. The summed E-state index contributed by atoms with van der Waals surface area (Å²) in [5, 5.41) is 36.4. The number of carboxylic acids is 4. The van der Waals surface area contributed by atoms with Crippen molar-refractivity contribution in [3.63, 3.8) is 0 Å². The Hall–Kier alpha value is -2.95. The fraction of sp³-hybridized carbons (Fsp3) is 0.571. The van der Waals surface area contributed by atoms with Crippen LogP contribution in [-0.4, -0.2) is 56.2 Å². The van der Waals surface area contributed by atoms with Gasteiger partial charge in [-0.3, -0.25) is 19.2 Å². The first kappa shape index (κ1) is 25.1. The summed E-state index contributed by atoms with van der Waals surface area (Å²) in [7, 11) is -4.32. The maximum absolute atomic E-state index is 12.0. The first-order valence-electron chi connectivity index (χ1n) is 7.76. The van der Waals surface area contributed by atoms with Gasteiger partial charge in [0, 0.05) is 0 Å². The standard InChI is InChI=1S/C14H19O13P/c1-3-5-13(7(15)16,8(17)18)11(23)26-28(25)27-12(24)14(6-4-2,9(19)20)10(21)22/h28H,3-6H2,1-2H3,(H,15,16)(H,17,18)(H,19,20)(H,21,22). The van der Waals surface area contributed by atoms with Crippen LogP contribution < -0.4 is 0 Å². The van der Waals surface area contributed by atoms with Crippen molar-refractivity contribution in [2.24, 2.45) is 10.8 Å². The van der Waals surface area contributed by atoms with Crippen molar-refractivity contribution in [1.29, 1.82) is 0 Å². The van der Waals surface area contributed by atoms with E-state index in [1.165, 1.54) is 13.8 Å². The molecular weight excluding hydrogens is 407 g/mol. The van der Waals surface area contributed by atoms with Crippen molar-refractivity contribution in [3.8, 4) is 0 Å². The number of hydrogen-bond acceptors (Lipinski definition) is 9. The Kier molecular flexibility index (Phi) is 8.80. The zero-order valence-corrected chi connectivity index (χ0v) is 15.8. The first-order valence-corrected chi connectivity index (χ1v) is 8.99. The van der Waals surface area contributed by atoms with Crippen LogP contribution in [-0.2, 0) is 42.4 Å². The molecule has 0 atom stereocenters. The Morgan fingerprint density at radius 1 is 0.679 bits per heavy atom. The molecule has 0 amide bonds. The van der Waals surface area contributed by atoms with Crippen LogP contribution in [0, 0.1) is 10.8 Å². The Morgan fingerprint density at radius 3 is 1.11 bits per heavy atom. The zero-order valence-electron chi connectivity index (χ0n) is 14.8. The number of carboxylic acid groups (broad SMARTS) is 4. The average molecular weight is 426 g/mol. The monoisotopic (exact) mass is 426 g/mol. The van der Waals surface area contributed by atoms with Gasteiger partial charge < -0.3 is 29.5 Å². The lowest BCUT2D eigenvalue weighted by Crippen LogP contribution is -2.47. The molecule has 0 bridgehead atoms. The molecule has 0 aromatic carbocycles. The lowest BCUT2D eigenvalue weighted by Gasteiger charge is -2.23. The predicted octanol–water partition coefficient (Wildman–Crippen LogP) is 0.374. The molecule has 0 aliphatic rings. The number of rotatable bonds is 12. The number of hydrogen-bond donors (Lipinski definition) is 4. The molecule has 0 spiro atoms. The van der Waals surface area contributed by atoms with Crippen LogP contribution in [0.2, 0.25) is 0 Å². The van der Waals surface area contributed by atoms with Gasteiger partial charge in [0.25, 0.3) is 10.8 Å². The second kappa shape index (κ2) is 9.83. The van der Waals surface area contributed by atoms with Crippen LogP contribution in [0.25, 0.3) is 0 Å². The summed E-state index contributed by atoms with van der Waals surface area (Å²) in [6, 6.07) is 0. The Balaban J connectivity index is 5.68. The van der Waals surface area contributed by atoms with E-state index in [2.05, 4.69) is 9.05 Å². The van der Waals surface area contributed by atoms with E-state index < -0.39 is 67.7 Å². The molecule has 0 saturated carbocycles. The summed E-state index contributed by atoms with van der Waals surface area (Å²) in [6.07, 6.45) is -1.70. The minimum absolute atomic E-state index is 0.105. The van der Waals surface area contributed by atoms with E-state index in [-0.39, 0.29) is 12.8 Å². The Labute approximate surface area is 158 Å². The molecule has 28 heavy (non-hydrogen) atoms. The van der Waals surface area contributed by atoms with Crippen molar-refractivity contribution in [3.05, 3.63) is 0 Å². The highest BCUT2D eigenvalue weighted by Crippen LogP contribution is 2.37. The molecule has 158 valence electrons. The van der Waals surface area contributed by atoms with E-state index in [0.717, 1.165) is 0 Å². The summed E-state index contributed by atoms with van der Waals surface area (Å²) in [6.45, 7) is 2.71. The van der Waals surface area contributed by atoms with Gasteiger partial charge >= 0.3 is 44.1 Å². The molecule has 0 aromatic heterocycles. The molecule has 0 rings (SSSR count). The van der Waals surface area contributed by atoms with Gasteiger partial charge in [0.05, 0.1) is 0 Å². The van der Waals surface area contributed by atoms with E-state index in [1.807, 2.05) is 0 Å². The van der Waals surface area contributed by atoms with E-state index in [0.29, 0.717) is 0 Å². The maximum atomic E-state index is 12.0. The third-order valence-corrected chi connectivity index (χ3v) is 4.46. The van der Waals surface area contributed by atoms with Gasteiger partial charge in [-0.1, -0.05) is 26.7 Å². The lowest BCUT2D eigenvalue weighted by atomic mass is 9.83. The average Bonchev–Trinajstić information content (AvgIpc) is 2.55. The molecule has 13 nitrogen and oxygen atoms in total. The minimum atomic E-state index is -4.32. The molecule has 4 N–H and O–H groups in total. The van der Waals surface area contributed by atoms with Crippen molar-refractivity contribution in [2.45, 2.75) is 39.5 Å². The number of aliphatic carboxylic acids is 4. The minimum Gasteiger partial charge on any atom is -0.480 e. The van der Waals surface area contributed by atoms with E-state index in [4.69, 9.17) is 20.4 Å². The molecule has 0 heterocycles. The lowest BCUT2D eigenvalue weighted by molar-refractivity contribution is -0.175. The van der Waals surface area contributed by atoms with Crippen LogP contribution in [0.15, 0.2) is 0 Å². The Morgan fingerprint density at radius 2 is 0.929 bits per heavy atom. The van der Waals surface area contributed by atoms with Gasteiger partial charge in [0.1, 0.15) is 0 Å². The molecule has 0 aliphatic heterocycles. The Bertz CT molecular complexity index is 624. The van der Waals surface area contributed by atoms with Crippen LogP contribution in [0.3, 0.4) is 0 Å². The fourth-order valence-corrected chi connectivity index (χ4v) is 2.95. The highest BCUT2D eigenvalue weighted by Gasteiger charge is 2.57. The number of carbonyl (C=O) groups excluding carboxylic acids is 2. The quantitative estimate of drug-likeness (QED) is 0.245. The normalized spacial score (nSPS) is 11.5. The molecule has 0 radical (unpaired) electrons. The van der Waals surface area contributed by atoms with Gasteiger partial charge in [0.2, 0.25) is 0 Å². The molecule has 0 unspecified atom stereocenters. The SMILES string of the molecule is CCCC(C(=O)O)(C(=O)O)C(=O)O[PH](=O)OC(=O)C(CCC)(C(=O)O)C(=O)O. The van der Waals surface area contributed by atoms with E-state index in [9.17, 15) is 33.3 Å². The zero-order chi connectivity index (χ0) is 22.3. The topological polar surface area (TPSA) is 219 Å². The van der Waals surface area contributed by atoms with Crippen molar-refractivity contribution < 1.29 is 62.8 Å². The van der Waals surface area contributed by atoms with Gasteiger partial charge in [-0.05, 0) is 12.8 Å². The van der Waals surface area contributed by atoms with Crippen LogP contribution >= 0.6 is 8.25 Å². The smallest absolute Gasteiger partial charge is 0.423 e. The van der Waals surface area contributed by atoms with Gasteiger partial charge in [-0.15, -0.1) is 0 Å². The molecule has 0 fully saturated rings. The summed E-state index contributed by atoms with van der Waals surface area (Å²) < 4.78 is 20.0. The second-order valence-corrected chi connectivity index (χ2v) is 6.47. The van der Waals surface area contributed by atoms with Crippen LogP contribution in [0.5, 0.6) is 0 Å². The van der Waals surface area contributed by atoms with Crippen molar-refractivity contribution in [2.75, 3.05) is 0 Å². The molecule has 14 heteroatoms. The molecule has 0 aliphatic carbocycles. The molecular formula is C14H19O13P. The highest BCUT2D eigenvalue weighted by molar-refractivity contribution is 7.34. The summed E-state index contributed by atoms with van der Waals surface area (Å²) >= 11 is 0. The van der Waals surface area contributed by atoms with Crippen LogP contribution in [0.4, 0.5) is 0 Å². The largest absolute Gasteiger partial charge is 0.480 e. The van der Waals surface area contributed by atoms with E-state index >= 15 is 0 Å². The van der Waals surface area contributed by atoms with Crippen molar-refractivity contribution in [1.82, 2.24) is 0 Å². The maximum Gasteiger partial charge on any atom is 0.423 e. The van der Waals surface area contributed by atoms with Crippen molar-refractivity contribution >= 4 is 44.1 Å². The van der Waals surface area contributed by atoms with E-state index in [1.54, 1.807) is 0 Å². The van der Waals surface area contributed by atoms with Gasteiger partial charge in [0.15, 0.2) is 0 Å². The fourth-order valence-electron chi connectivity index (χ4n) is 2.26. The first-order chi connectivity index (χ1) is 12.8. The summed E-state index contributed by atoms with van der Waals surface area (Å²) in [5.41, 5.74) is -6.27. The van der Waals surface area contributed by atoms with Gasteiger partial charge in [-0.2, -0.15) is 0 Å². The van der Waals surface area contributed by atoms with Gasteiger partial charge in [-0.25, -0.2) is 14.2 Å². The van der Waals surface area contributed by atoms with Crippen LogP contribution in [0.1, 0.15) is 39.5 Å². The summed E-state index contributed by atoms with van der Waals surface area (Å²) in [5.74, 6) is -12.5. The molecule has 0 saturated heterocycles. The third-order valence-electron chi connectivity index (χ3n) is 3.76. The predicted molar refractivity (Wildman–Crippen MR) is 86.4 cm³/mol. The number of carbonyl (C=O) groups is 6. The third kappa shape index (κ3) is 4.66. The second-order valence-electron chi connectivity index (χ2n) is 5.56. The summed E-state index contributed by atoms with van der Waals surface area (Å²) in [4.78, 5) is 69.1. The highest BCUT2D eigenvalue weighted by atomic mass is 31.1.